The predicted molar refractivity (Wildman–Crippen MR) is 107 cm³/mol. The zero-order chi connectivity index (χ0) is 18.6. The molecule has 0 aromatic heterocycles. The molecule has 26 heavy (non-hydrogen) atoms. The number of aliphatic hydroxyl groups is 1. The van der Waals surface area contributed by atoms with Crippen LogP contribution in [0.15, 0.2) is 59.1 Å². The van der Waals surface area contributed by atoms with E-state index in [-0.39, 0.29) is 11.3 Å². The van der Waals surface area contributed by atoms with Crippen molar-refractivity contribution < 1.29 is 9.84 Å². The minimum absolute atomic E-state index is 0.150. The van der Waals surface area contributed by atoms with E-state index >= 15 is 0 Å². The highest BCUT2D eigenvalue weighted by atomic mass is 16.5. The molecule has 0 radical (unpaired) electrons. The van der Waals surface area contributed by atoms with Gasteiger partial charge in [0.05, 0.1) is 18.2 Å². The zero-order valence-electron chi connectivity index (χ0n) is 15.8. The number of aliphatic hydroxyl groups excluding tert-OH is 1. The van der Waals surface area contributed by atoms with Gasteiger partial charge in [0.2, 0.25) is 0 Å². The molecule has 0 saturated heterocycles. The Morgan fingerprint density at radius 1 is 1.31 bits per heavy atom. The smallest absolute Gasteiger partial charge is 0.154 e. The molecule has 2 aliphatic rings. The Balaban J connectivity index is 2.18. The van der Waals surface area contributed by atoms with Crippen LogP contribution in [0.4, 0.5) is 0 Å². The van der Waals surface area contributed by atoms with Gasteiger partial charge in [-0.3, -0.25) is 4.99 Å². The van der Waals surface area contributed by atoms with Crippen molar-refractivity contribution in [3.63, 3.8) is 0 Å². The minimum Gasteiger partial charge on any atom is -0.384 e. The largest absolute Gasteiger partial charge is 0.384 e. The Labute approximate surface area is 154 Å². The van der Waals surface area contributed by atoms with Gasteiger partial charge >= 0.3 is 0 Å². The van der Waals surface area contributed by atoms with E-state index in [2.05, 4.69) is 57.7 Å². The van der Waals surface area contributed by atoms with Crippen molar-refractivity contribution in [2.45, 2.75) is 38.3 Å². The van der Waals surface area contributed by atoms with Crippen LogP contribution in [-0.2, 0) is 10.2 Å². The van der Waals surface area contributed by atoms with Crippen molar-refractivity contribution in [1.82, 2.24) is 0 Å². The summed E-state index contributed by atoms with van der Waals surface area (Å²) in [6.45, 7) is 11.0. The highest BCUT2D eigenvalue weighted by Gasteiger charge is 2.42. The van der Waals surface area contributed by atoms with E-state index in [1.807, 2.05) is 6.08 Å². The molecule has 1 unspecified atom stereocenters. The van der Waals surface area contributed by atoms with Crippen molar-refractivity contribution in [3.05, 3.63) is 70.8 Å². The molecule has 4 rings (SSSR count). The van der Waals surface area contributed by atoms with Gasteiger partial charge in [-0.2, -0.15) is 0 Å². The Morgan fingerprint density at radius 2 is 2.08 bits per heavy atom. The van der Waals surface area contributed by atoms with Crippen LogP contribution in [0.5, 0.6) is 0 Å². The fraction of sp³-hybridized carbons (Fsp3) is 0.348. The number of methoxy groups -OCH3 is 1. The van der Waals surface area contributed by atoms with Gasteiger partial charge in [0.25, 0.3) is 0 Å². The summed E-state index contributed by atoms with van der Waals surface area (Å²) >= 11 is 0. The molecule has 0 amide bonds. The molecule has 3 nitrogen and oxygen atoms in total. The predicted octanol–water partition coefficient (Wildman–Crippen LogP) is 4.48. The molecular weight excluding hydrogens is 322 g/mol. The van der Waals surface area contributed by atoms with E-state index in [0.29, 0.717) is 6.61 Å². The number of hydrogen-bond acceptors (Lipinski definition) is 3. The monoisotopic (exact) mass is 347 g/mol. The third kappa shape index (κ3) is 2.17. The van der Waals surface area contributed by atoms with Gasteiger partial charge in [-0.1, -0.05) is 56.8 Å². The van der Waals surface area contributed by atoms with Crippen LogP contribution in [0.2, 0.25) is 0 Å². The maximum atomic E-state index is 10.8. The summed E-state index contributed by atoms with van der Waals surface area (Å²) in [5.41, 5.74) is 6.52. The number of nitrogens with zero attached hydrogens (tertiary/aromatic N) is 1. The third-order valence-electron chi connectivity index (χ3n) is 5.92. The van der Waals surface area contributed by atoms with Crippen LogP contribution < -0.4 is 0 Å². The summed E-state index contributed by atoms with van der Waals surface area (Å²) in [6.07, 6.45) is 1.09. The molecule has 1 aliphatic carbocycles. The number of benzene rings is 2. The van der Waals surface area contributed by atoms with Crippen molar-refractivity contribution in [2.24, 2.45) is 4.99 Å². The molecule has 2 atom stereocenters. The molecule has 3 heteroatoms. The van der Waals surface area contributed by atoms with E-state index in [0.717, 1.165) is 28.0 Å². The van der Waals surface area contributed by atoms with Crippen LogP contribution in [0.1, 0.15) is 43.4 Å². The molecule has 0 bridgehead atoms. The highest BCUT2D eigenvalue weighted by Crippen LogP contribution is 2.49. The number of ether oxygens (including phenoxy) is 1. The lowest BCUT2D eigenvalue weighted by atomic mass is 9.64. The van der Waals surface area contributed by atoms with E-state index in [9.17, 15) is 5.11 Å². The topological polar surface area (TPSA) is 41.8 Å². The highest BCUT2D eigenvalue weighted by molar-refractivity contribution is 6.25. The molecule has 1 aliphatic heterocycles. The second kappa shape index (κ2) is 5.90. The Morgan fingerprint density at radius 3 is 2.77 bits per heavy atom. The van der Waals surface area contributed by atoms with Crippen LogP contribution in [0, 0.1) is 0 Å². The van der Waals surface area contributed by atoms with Gasteiger partial charge in [0, 0.05) is 18.1 Å². The quantitative estimate of drug-likeness (QED) is 0.889. The van der Waals surface area contributed by atoms with Crippen LogP contribution in [-0.4, -0.2) is 30.8 Å². The minimum atomic E-state index is -0.802. The molecule has 1 heterocycles. The summed E-state index contributed by atoms with van der Waals surface area (Å²) in [5.74, 6) is -0.150. The Kier molecular flexibility index (Phi) is 3.90. The Bertz CT molecular complexity index is 981. The van der Waals surface area contributed by atoms with Crippen molar-refractivity contribution in [3.8, 4) is 0 Å². The lowest BCUT2D eigenvalue weighted by molar-refractivity contribution is 0.0886. The third-order valence-corrected chi connectivity index (χ3v) is 5.92. The van der Waals surface area contributed by atoms with E-state index in [4.69, 9.17) is 9.73 Å². The average Bonchev–Trinajstić information content (AvgIpc) is 2.62. The van der Waals surface area contributed by atoms with Crippen LogP contribution >= 0.6 is 0 Å². The van der Waals surface area contributed by atoms with E-state index in [1.165, 1.54) is 16.3 Å². The molecule has 2 aromatic rings. The maximum Gasteiger partial charge on any atom is 0.154 e. The molecule has 0 fully saturated rings. The van der Waals surface area contributed by atoms with Crippen molar-refractivity contribution in [1.29, 1.82) is 0 Å². The number of rotatable bonds is 3. The molecule has 0 saturated carbocycles. The first-order valence-corrected chi connectivity index (χ1v) is 9.07. The first kappa shape index (κ1) is 17.2. The summed E-state index contributed by atoms with van der Waals surface area (Å²) in [6, 6.07) is 10.8. The standard InChI is InChI=1S/C23H25NO2/c1-6-13(2)20-21-19-15(16(12-26-5)22(25)24-21)11-10-14-8-7-9-17(18(14)19)23(20,3)4/h6-11,16,22,25H,1,12H2,2-5H3/b20-13-/t16?,22-/m1/s1. The summed E-state index contributed by atoms with van der Waals surface area (Å²) in [5, 5.41) is 13.2. The second-order valence-corrected chi connectivity index (χ2v) is 7.77. The first-order chi connectivity index (χ1) is 12.4. The van der Waals surface area contributed by atoms with Crippen LogP contribution in [0.25, 0.3) is 10.8 Å². The number of aliphatic imine (C=N–C) groups is 1. The van der Waals surface area contributed by atoms with Crippen molar-refractivity contribution in [2.75, 3.05) is 13.7 Å². The van der Waals surface area contributed by atoms with Gasteiger partial charge in [-0.05, 0) is 40.0 Å². The summed E-state index contributed by atoms with van der Waals surface area (Å²) < 4.78 is 5.38. The lowest BCUT2D eigenvalue weighted by Gasteiger charge is -2.41. The molecule has 1 N–H and O–H groups in total. The molecule has 2 aromatic carbocycles. The maximum absolute atomic E-state index is 10.8. The van der Waals surface area contributed by atoms with Gasteiger partial charge < -0.3 is 9.84 Å². The Hall–Kier alpha value is -2.23. The fourth-order valence-corrected chi connectivity index (χ4v) is 4.69. The first-order valence-electron chi connectivity index (χ1n) is 9.07. The van der Waals surface area contributed by atoms with E-state index < -0.39 is 6.23 Å². The second-order valence-electron chi connectivity index (χ2n) is 7.77. The molecule has 0 spiro atoms. The van der Waals surface area contributed by atoms with E-state index in [1.54, 1.807) is 7.11 Å². The lowest BCUT2D eigenvalue weighted by Crippen LogP contribution is -2.38. The fourth-order valence-electron chi connectivity index (χ4n) is 4.69. The van der Waals surface area contributed by atoms with Gasteiger partial charge in [0.15, 0.2) is 6.23 Å². The van der Waals surface area contributed by atoms with Gasteiger partial charge in [0.1, 0.15) is 0 Å². The summed E-state index contributed by atoms with van der Waals surface area (Å²) in [7, 11) is 1.67. The average molecular weight is 347 g/mol. The molecular formula is C23H25NO2. The number of hydrogen-bond donors (Lipinski definition) is 1. The zero-order valence-corrected chi connectivity index (χ0v) is 15.8. The summed E-state index contributed by atoms with van der Waals surface area (Å²) in [4.78, 5) is 4.77. The number of allylic oxidation sites excluding steroid dienone is 3. The van der Waals surface area contributed by atoms with Gasteiger partial charge in [-0.15, -0.1) is 0 Å². The van der Waals surface area contributed by atoms with Crippen molar-refractivity contribution >= 4 is 16.5 Å². The van der Waals surface area contributed by atoms with Gasteiger partial charge in [-0.25, -0.2) is 0 Å². The van der Waals surface area contributed by atoms with Crippen LogP contribution in [0.3, 0.4) is 0 Å². The normalized spacial score (nSPS) is 25.0. The SMILES string of the molecule is C=C/C(C)=C1/C2=N[C@H](O)C(COC)c3ccc4cccc(c4c32)C1(C)C. The molecule has 134 valence electrons.